The van der Waals surface area contributed by atoms with Gasteiger partial charge >= 0.3 is 5.97 Å². The molecule has 0 spiro atoms. The van der Waals surface area contributed by atoms with Crippen LogP contribution in [0.4, 0.5) is 11.4 Å². The van der Waals surface area contributed by atoms with Crippen molar-refractivity contribution in [3.05, 3.63) is 120 Å². The van der Waals surface area contributed by atoms with Crippen molar-refractivity contribution >= 4 is 34.9 Å². The first-order valence-corrected chi connectivity index (χ1v) is 18.5. The number of nitrogens with zero attached hydrogens (tertiary/aromatic N) is 6. The van der Waals surface area contributed by atoms with E-state index in [1.807, 2.05) is 65.6 Å². The summed E-state index contributed by atoms with van der Waals surface area (Å²) in [6, 6.07) is 26.3. The highest BCUT2D eigenvalue weighted by Crippen LogP contribution is 2.26. The van der Waals surface area contributed by atoms with E-state index in [9.17, 15) is 19.2 Å². The Labute approximate surface area is 317 Å². The monoisotopic (exact) mass is 733 g/mol. The van der Waals surface area contributed by atoms with Gasteiger partial charge in [0.2, 0.25) is 11.8 Å². The highest BCUT2D eigenvalue weighted by Gasteiger charge is 2.30. The second kappa shape index (κ2) is 19.7. The fraction of sp³-hybridized carbons (Fsp3) is 0.381. The Balaban J connectivity index is 0.000000208. The maximum absolute atomic E-state index is 13.2. The number of carbonyl (C=O) groups excluding carboxylic acids is 4. The number of methoxy groups -OCH3 is 1. The summed E-state index contributed by atoms with van der Waals surface area (Å²) in [6.45, 7) is 4.46. The average molecular weight is 734 g/mol. The zero-order chi connectivity index (χ0) is 38.5. The normalized spacial score (nSPS) is 15.4. The Hall–Kier alpha value is -5.30. The number of anilines is 2. The van der Waals surface area contributed by atoms with E-state index >= 15 is 0 Å². The third-order valence-corrected chi connectivity index (χ3v) is 10.0. The maximum Gasteiger partial charge on any atom is 0.339 e. The summed E-state index contributed by atoms with van der Waals surface area (Å²) >= 11 is 0. The van der Waals surface area contributed by atoms with Crippen molar-refractivity contribution in [1.29, 1.82) is 0 Å². The molecule has 0 aliphatic carbocycles. The zero-order valence-electron chi connectivity index (χ0n) is 31.5. The number of esters is 1. The van der Waals surface area contributed by atoms with E-state index in [2.05, 4.69) is 33.9 Å². The maximum atomic E-state index is 13.2. The molecule has 0 saturated carbocycles. The summed E-state index contributed by atoms with van der Waals surface area (Å²) in [6.07, 6.45) is 6.50. The highest BCUT2D eigenvalue weighted by molar-refractivity contribution is 5.97. The molecule has 2 fully saturated rings. The molecular weight excluding hydrogens is 683 g/mol. The molecule has 2 aliphatic heterocycles. The van der Waals surface area contributed by atoms with Crippen molar-refractivity contribution in [1.82, 2.24) is 19.8 Å². The summed E-state index contributed by atoms with van der Waals surface area (Å²) in [5, 5.41) is 0. The lowest BCUT2D eigenvalue weighted by Gasteiger charge is -2.32. The van der Waals surface area contributed by atoms with E-state index in [1.54, 1.807) is 29.2 Å². The molecule has 2 saturated heterocycles. The topological polar surface area (TPSA) is 142 Å². The molecule has 284 valence electrons. The van der Waals surface area contributed by atoms with E-state index in [-0.39, 0.29) is 36.0 Å². The predicted octanol–water partition coefficient (Wildman–Crippen LogP) is 4.84. The molecular formula is C42H51N7O5. The molecule has 2 aromatic heterocycles. The molecule has 2 aliphatic rings. The van der Waals surface area contributed by atoms with Gasteiger partial charge in [0.15, 0.2) is 5.78 Å². The summed E-state index contributed by atoms with van der Waals surface area (Å²) in [4.78, 5) is 66.6. The van der Waals surface area contributed by atoms with Crippen molar-refractivity contribution in [2.24, 2.45) is 17.6 Å². The second-order valence-corrected chi connectivity index (χ2v) is 13.9. The van der Waals surface area contributed by atoms with Crippen LogP contribution in [0.5, 0.6) is 0 Å². The van der Waals surface area contributed by atoms with Crippen LogP contribution in [0.3, 0.4) is 0 Å². The number of likely N-dealkylation sites (tertiary alicyclic amines) is 2. The summed E-state index contributed by atoms with van der Waals surface area (Å²) in [7, 11) is 5.51. The number of amides is 2. The van der Waals surface area contributed by atoms with Gasteiger partial charge in [-0.05, 0) is 114 Å². The molecule has 4 aromatic rings. The van der Waals surface area contributed by atoms with E-state index in [0.29, 0.717) is 24.2 Å². The number of carbonyl (C=O) groups is 4. The number of aromatic nitrogens is 2. The Kier molecular flexibility index (Phi) is 14.5. The smallest absolute Gasteiger partial charge is 0.339 e. The van der Waals surface area contributed by atoms with Crippen LogP contribution >= 0.6 is 0 Å². The van der Waals surface area contributed by atoms with Crippen LogP contribution in [-0.2, 0) is 27.4 Å². The fourth-order valence-corrected chi connectivity index (χ4v) is 6.64. The summed E-state index contributed by atoms with van der Waals surface area (Å²) in [5.41, 5.74) is 9.49. The van der Waals surface area contributed by atoms with Gasteiger partial charge in [-0.1, -0.05) is 36.4 Å². The Morgan fingerprint density at radius 2 is 1.06 bits per heavy atom. The number of hydrogen-bond acceptors (Lipinski definition) is 10. The lowest BCUT2D eigenvalue weighted by Crippen LogP contribution is -2.41. The van der Waals surface area contributed by atoms with Gasteiger partial charge in [0.25, 0.3) is 0 Å². The van der Waals surface area contributed by atoms with Gasteiger partial charge in [-0.25, -0.2) is 4.79 Å². The molecule has 12 nitrogen and oxygen atoms in total. The second-order valence-electron chi connectivity index (χ2n) is 13.9. The van der Waals surface area contributed by atoms with E-state index < -0.39 is 5.97 Å². The molecule has 0 radical (unpaired) electrons. The van der Waals surface area contributed by atoms with Gasteiger partial charge in [-0.15, -0.1) is 0 Å². The van der Waals surface area contributed by atoms with Crippen LogP contribution in [-0.4, -0.2) is 97.3 Å². The lowest BCUT2D eigenvalue weighted by atomic mass is 9.95. The molecule has 2 amide bonds. The molecule has 0 bridgehead atoms. The van der Waals surface area contributed by atoms with Crippen molar-refractivity contribution in [2.75, 3.05) is 63.7 Å². The zero-order valence-corrected chi connectivity index (χ0v) is 31.5. The van der Waals surface area contributed by atoms with Crippen molar-refractivity contribution in [3.63, 3.8) is 0 Å². The number of pyridine rings is 2. The van der Waals surface area contributed by atoms with Gasteiger partial charge < -0.3 is 30.1 Å². The summed E-state index contributed by atoms with van der Waals surface area (Å²) < 4.78 is 4.71. The standard InChI is InChI=1S/C21H26N4O2.C21H25N3O3/c1-24-11-9-16(10-12-24)21(27)25(19-5-3-2-4-6-19)15-18-8-7-17(14-23-18)20(26)13-22;1-23-12-10-16(11-13-23)20(25)24(19-6-4-3-5-7-19)15-18-9-8-17(14-22-18)21(26)27-2/h2-8,14,16H,9-13,15,22H2,1H3;3-9,14,16H,10-13,15H2,1-2H3. The summed E-state index contributed by atoms with van der Waals surface area (Å²) in [5.74, 6) is -0.241. The minimum Gasteiger partial charge on any atom is -0.465 e. The van der Waals surface area contributed by atoms with Crippen molar-refractivity contribution < 1.29 is 23.9 Å². The van der Waals surface area contributed by atoms with E-state index in [1.165, 1.54) is 19.5 Å². The van der Waals surface area contributed by atoms with Crippen LogP contribution in [0, 0.1) is 11.8 Å². The van der Waals surface area contributed by atoms with Gasteiger partial charge in [0, 0.05) is 41.2 Å². The van der Waals surface area contributed by atoms with Crippen LogP contribution in [0.1, 0.15) is 57.8 Å². The number of ketones is 1. The number of ether oxygens (including phenoxy) is 1. The Morgan fingerprint density at radius 3 is 1.41 bits per heavy atom. The van der Waals surface area contributed by atoms with Gasteiger partial charge in [-0.3, -0.25) is 24.4 Å². The molecule has 0 atom stereocenters. The Morgan fingerprint density at radius 1 is 0.648 bits per heavy atom. The third kappa shape index (κ3) is 10.9. The molecule has 6 rings (SSSR count). The van der Waals surface area contributed by atoms with Crippen molar-refractivity contribution in [2.45, 2.75) is 38.8 Å². The largest absolute Gasteiger partial charge is 0.465 e. The Bertz CT molecular complexity index is 1670. The number of benzene rings is 2. The van der Waals surface area contributed by atoms with E-state index in [0.717, 1.165) is 74.6 Å². The minimum absolute atomic E-state index is 0.0238. The number of piperidine rings is 2. The molecule has 0 unspecified atom stereocenters. The van der Waals surface area contributed by atoms with E-state index in [4.69, 9.17) is 10.5 Å². The van der Waals surface area contributed by atoms with Crippen LogP contribution < -0.4 is 15.5 Å². The number of para-hydroxylation sites is 2. The lowest BCUT2D eigenvalue weighted by molar-refractivity contribution is -0.124. The molecule has 2 aromatic carbocycles. The number of hydrogen-bond donors (Lipinski definition) is 1. The van der Waals surface area contributed by atoms with Gasteiger partial charge in [-0.2, -0.15) is 0 Å². The molecule has 54 heavy (non-hydrogen) atoms. The first-order chi connectivity index (χ1) is 26.2. The number of nitrogens with two attached hydrogens (primary N) is 1. The quantitative estimate of drug-likeness (QED) is 0.168. The number of rotatable bonds is 11. The first kappa shape index (κ1) is 39.9. The molecule has 12 heteroatoms. The minimum atomic E-state index is -0.420. The SMILES string of the molecule is CN1CCC(C(=O)N(Cc2ccc(C(=O)CN)cn2)c2ccccc2)CC1.COC(=O)c1ccc(CN(C(=O)C2CCN(C)CC2)c2ccccc2)nc1. The first-order valence-electron chi connectivity index (χ1n) is 18.5. The fourth-order valence-electron chi connectivity index (χ4n) is 6.64. The van der Waals surface area contributed by atoms with Gasteiger partial charge in [0.1, 0.15) is 0 Å². The number of Topliss-reactive ketones (excluding diaryl/α,β-unsaturated/α-hetero) is 1. The van der Waals surface area contributed by atoms with Crippen molar-refractivity contribution in [3.8, 4) is 0 Å². The predicted molar refractivity (Wildman–Crippen MR) is 209 cm³/mol. The van der Waals surface area contributed by atoms with Crippen LogP contribution in [0.2, 0.25) is 0 Å². The van der Waals surface area contributed by atoms with Gasteiger partial charge in [0.05, 0.1) is 43.7 Å². The molecule has 4 heterocycles. The highest BCUT2D eigenvalue weighted by atomic mass is 16.5. The molecule has 2 N–H and O–H groups in total. The van der Waals surface area contributed by atoms with Crippen LogP contribution in [0.25, 0.3) is 0 Å². The average Bonchev–Trinajstić information content (AvgIpc) is 3.22. The van der Waals surface area contributed by atoms with Crippen LogP contribution in [0.15, 0.2) is 97.3 Å². The third-order valence-electron chi connectivity index (χ3n) is 10.0.